The van der Waals surface area contributed by atoms with Gasteiger partial charge in [0.15, 0.2) is 0 Å². The van der Waals surface area contributed by atoms with Crippen LogP contribution in [0.4, 0.5) is 5.69 Å². The van der Waals surface area contributed by atoms with Crippen LogP contribution in [0.3, 0.4) is 0 Å². The van der Waals surface area contributed by atoms with Gasteiger partial charge in [0.25, 0.3) is 0 Å². The summed E-state index contributed by atoms with van der Waals surface area (Å²) < 4.78 is 27.2. The molecule has 0 heterocycles. The van der Waals surface area contributed by atoms with Crippen molar-refractivity contribution in [3.05, 3.63) is 62.5 Å². The molecule has 7 nitrogen and oxygen atoms in total. The Hall–Kier alpha value is -1.81. The number of nitrogens with zero attached hydrogens (tertiary/aromatic N) is 2. The van der Waals surface area contributed by atoms with Crippen LogP contribution in [0.2, 0.25) is 10.0 Å². The van der Waals surface area contributed by atoms with Gasteiger partial charge < -0.3 is 10.2 Å². The van der Waals surface area contributed by atoms with Crippen molar-refractivity contribution in [2.45, 2.75) is 57.7 Å². The molecule has 2 aromatic carbocycles. The van der Waals surface area contributed by atoms with Crippen molar-refractivity contribution >= 4 is 66.7 Å². The van der Waals surface area contributed by atoms with Crippen molar-refractivity contribution in [2.75, 3.05) is 17.1 Å². The summed E-state index contributed by atoms with van der Waals surface area (Å²) in [7, 11) is -3.87. The summed E-state index contributed by atoms with van der Waals surface area (Å²) in [6.45, 7) is 1.29. The van der Waals surface area contributed by atoms with E-state index in [0.717, 1.165) is 52.7 Å². The smallest absolute Gasteiger partial charge is 0.244 e. The van der Waals surface area contributed by atoms with E-state index < -0.39 is 28.5 Å². The van der Waals surface area contributed by atoms with E-state index in [0.29, 0.717) is 0 Å². The highest BCUT2D eigenvalue weighted by Gasteiger charge is 2.31. The Balaban J connectivity index is 1.88. The van der Waals surface area contributed by atoms with Crippen LogP contribution in [0.5, 0.6) is 0 Å². The first-order chi connectivity index (χ1) is 16.9. The van der Waals surface area contributed by atoms with E-state index in [1.54, 1.807) is 6.92 Å². The predicted molar refractivity (Wildman–Crippen MR) is 148 cm³/mol. The fourth-order valence-electron chi connectivity index (χ4n) is 4.23. The quantitative estimate of drug-likeness (QED) is 0.408. The summed E-state index contributed by atoms with van der Waals surface area (Å²) in [4.78, 5) is 28.2. The van der Waals surface area contributed by atoms with Crippen molar-refractivity contribution < 1.29 is 18.0 Å². The molecular weight excluding hydrogens is 589 g/mol. The zero-order chi connectivity index (χ0) is 26.5. The van der Waals surface area contributed by atoms with Crippen LogP contribution in [0, 0.1) is 0 Å². The van der Waals surface area contributed by atoms with E-state index in [1.807, 2.05) is 24.3 Å². The van der Waals surface area contributed by atoms with Gasteiger partial charge in [0.1, 0.15) is 12.6 Å². The average Bonchev–Trinajstić information content (AvgIpc) is 2.80. The Morgan fingerprint density at radius 2 is 1.64 bits per heavy atom. The lowest BCUT2D eigenvalue weighted by Crippen LogP contribution is -2.52. The summed E-state index contributed by atoms with van der Waals surface area (Å²) in [6, 6.07) is 11.0. The number of hydrogen-bond acceptors (Lipinski definition) is 4. The minimum atomic E-state index is -3.87. The number of carbonyl (C=O) groups excluding carboxylic acids is 2. The number of anilines is 1. The van der Waals surface area contributed by atoms with Crippen LogP contribution in [-0.4, -0.2) is 50.0 Å². The second kappa shape index (κ2) is 12.6. The highest BCUT2D eigenvalue weighted by molar-refractivity contribution is 9.10. The molecule has 0 unspecified atom stereocenters. The standard InChI is InChI=1S/C25H30BrCl2N3O4S/c1-17(25(33)29-22-6-4-3-5-7-22)30(15-18-8-10-19(26)11-9-18)24(32)16-31(36(2,34)35)23-13-20(27)12-21(28)14-23/h8-14,17,22H,3-7,15-16H2,1-2H3,(H,29,33)/t17-/m1/s1. The molecule has 0 aromatic heterocycles. The van der Waals surface area contributed by atoms with Crippen LogP contribution in [0.1, 0.15) is 44.6 Å². The van der Waals surface area contributed by atoms with Crippen molar-refractivity contribution in [3.8, 4) is 0 Å². The molecule has 2 aromatic rings. The Bertz CT molecular complexity index is 1170. The van der Waals surface area contributed by atoms with Crippen molar-refractivity contribution in [2.24, 2.45) is 0 Å². The first-order valence-corrected chi connectivity index (χ1v) is 15.1. The molecule has 0 spiro atoms. The van der Waals surface area contributed by atoms with Gasteiger partial charge >= 0.3 is 0 Å². The molecule has 11 heteroatoms. The summed E-state index contributed by atoms with van der Waals surface area (Å²) in [5.41, 5.74) is 0.979. The van der Waals surface area contributed by atoms with Crippen LogP contribution in [0.25, 0.3) is 0 Å². The third kappa shape index (κ3) is 8.10. The maximum atomic E-state index is 13.6. The number of hydrogen-bond donors (Lipinski definition) is 1. The summed E-state index contributed by atoms with van der Waals surface area (Å²) in [5.74, 6) is -0.783. The van der Waals surface area contributed by atoms with Crippen molar-refractivity contribution in [1.82, 2.24) is 10.2 Å². The van der Waals surface area contributed by atoms with Gasteiger partial charge in [-0.1, -0.05) is 70.5 Å². The number of rotatable bonds is 9. The molecule has 196 valence electrons. The lowest BCUT2D eigenvalue weighted by atomic mass is 9.95. The van der Waals surface area contributed by atoms with E-state index in [4.69, 9.17) is 23.2 Å². The molecule has 1 aliphatic rings. The van der Waals surface area contributed by atoms with Gasteiger partial charge in [-0.05, 0) is 55.7 Å². The van der Waals surface area contributed by atoms with Gasteiger partial charge in [0, 0.05) is 27.1 Å². The number of halogens is 3. The Morgan fingerprint density at radius 1 is 1.06 bits per heavy atom. The van der Waals surface area contributed by atoms with Crippen LogP contribution < -0.4 is 9.62 Å². The zero-order valence-corrected chi connectivity index (χ0v) is 24.1. The first kappa shape index (κ1) is 28.8. The molecular formula is C25H30BrCl2N3O4S. The fourth-order valence-corrected chi connectivity index (χ4v) is 5.85. The van der Waals surface area contributed by atoms with Crippen molar-refractivity contribution in [3.63, 3.8) is 0 Å². The lowest BCUT2D eigenvalue weighted by Gasteiger charge is -2.33. The van der Waals surface area contributed by atoms with Crippen LogP contribution in [0.15, 0.2) is 46.9 Å². The molecule has 1 saturated carbocycles. The molecule has 0 aliphatic heterocycles. The predicted octanol–water partition coefficient (Wildman–Crippen LogP) is 5.39. The maximum absolute atomic E-state index is 13.6. The average molecular weight is 619 g/mol. The van der Waals surface area contributed by atoms with E-state index in [-0.39, 0.29) is 34.2 Å². The van der Waals surface area contributed by atoms with Gasteiger partial charge in [0.05, 0.1) is 11.9 Å². The molecule has 36 heavy (non-hydrogen) atoms. The van der Waals surface area contributed by atoms with E-state index >= 15 is 0 Å². The Labute approximate surface area is 231 Å². The number of nitrogens with one attached hydrogen (secondary N) is 1. The second-order valence-electron chi connectivity index (χ2n) is 9.06. The zero-order valence-electron chi connectivity index (χ0n) is 20.2. The highest BCUT2D eigenvalue weighted by atomic mass is 79.9. The molecule has 1 aliphatic carbocycles. The van der Waals surface area contributed by atoms with E-state index in [1.165, 1.54) is 23.1 Å². The topological polar surface area (TPSA) is 86.8 Å². The van der Waals surface area contributed by atoms with Gasteiger partial charge in [-0.2, -0.15) is 0 Å². The minimum Gasteiger partial charge on any atom is -0.352 e. The fraction of sp³-hybridized carbons (Fsp3) is 0.440. The molecule has 1 N–H and O–H groups in total. The lowest BCUT2D eigenvalue weighted by molar-refractivity contribution is -0.139. The van der Waals surface area contributed by atoms with Gasteiger partial charge in [-0.3, -0.25) is 13.9 Å². The number of benzene rings is 2. The highest BCUT2D eigenvalue weighted by Crippen LogP contribution is 2.27. The molecule has 1 atom stereocenters. The summed E-state index contributed by atoms with van der Waals surface area (Å²) in [6.07, 6.45) is 6.12. The molecule has 0 saturated heterocycles. The molecule has 2 amide bonds. The van der Waals surface area contributed by atoms with Gasteiger partial charge in [-0.25, -0.2) is 8.42 Å². The third-order valence-corrected chi connectivity index (χ3v) is 8.31. The molecule has 3 rings (SSSR count). The molecule has 1 fully saturated rings. The van der Waals surface area contributed by atoms with Gasteiger partial charge in [-0.15, -0.1) is 0 Å². The molecule has 0 bridgehead atoms. The Morgan fingerprint density at radius 3 is 2.19 bits per heavy atom. The number of sulfonamides is 1. The van der Waals surface area contributed by atoms with E-state index in [9.17, 15) is 18.0 Å². The minimum absolute atomic E-state index is 0.0828. The largest absolute Gasteiger partial charge is 0.352 e. The van der Waals surface area contributed by atoms with Crippen LogP contribution >= 0.6 is 39.1 Å². The number of carbonyl (C=O) groups is 2. The summed E-state index contributed by atoms with van der Waals surface area (Å²) >= 11 is 15.6. The normalized spacial score (nSPS) is 15.2. The van der Waals surface area contributed by atoms with Gasteiger partial charge in [0.2, 0.25) is 21.8 Å². The SMILES string of the molecule is C[C@H](C(=O)NC1CCCCC1)N(Cc1ccc(Br)cc1)C(=O)CN(c1cc(Cl)cc(Cl)c1)S(C)(=O)=O. The monoisotopic (exact) mass is 617 g/mol. The summed E-state index contributed by atoms with van der Waals surface area (Å²) in [5, 5.41) is 3.55. The first-order valence-electron chi connectivity index (χ1n) is 11.7. The molecule has 0 radical (unpaired) electrons. The van der Waals surface area contributed by atoms with Crippen LogP contribution in [-0.2, 0) is 26.2 Å². The number of amides is 2. The second-order valence-corrected chi connectivity index (χ2v) is 12.8. The third-order valence-electron chi connectivity index (χ3n) is 6.20. The van der Waals surface area contributed by atoms with E-state index in [2.05, 4.69) is 21.2 Å². The maximum Gasteiger partial charge on any atom is 0.244 e. The van der Waals surface area contributed by atoms with Crippen molar-refractivity contribution in [1.29, 1.82) is 0 Å². The Kier molecular flexibility index (Phi) is 10.1.